The van der Waals surface area contributed by atoms with Gasteiger partial charge in [0.2, 0.25) is 0 Å². The van der Waals surface area contributed by atoms with E-state index in [9.17, 15) is 0 Å². The van der Waals surface area contributed by atoms with Crippen molar-refractivity contribution in [2.45, 2.75) is 20.4 Å². The molecule has 2 heteroatoms. The zero-order chi connectivity index (χ0) is 9.52. The highest BCUT2D eigenvalue weighted by molar-refractivity contribution is 5.21. The number of aryl methyl sites for hydroxylation is 1. The van der Waals surface area contributed by atoms with E-state index in [-0.39, 0.29) is 0 Å². The fourth-order valence-corrected chi connectivity index (χ4v) is 1.11. The first-order valence-electron chi connectivity index (χ1n) is 4.56. The van der Waals surface area contributed by atoms with E-state index in [4.69, 9.17) is 0 Å². The zero-order valence-electron chi connectivity index (χ0n) is 8.25. The van der Waals surface area contributed by atoms with Crippen LogP contribution in [-0.2, 0) is 6.54 Å². The molecule has 0 unspecified atom stereocenters. The highest BCUT2D eigenvalue weighted by Gasteiger charge is 1.94. The Kier molecular flexibility index (Phi) is 4.19. The minimum absolute atomic E-state index is 0.915. The van der Waals surface area contributed by atoms with Crippen molar-refractivity contribution in [1.29, 1.82) is 0 Å². The molecule has 13 heavy (non-hydrogen) atoms. The van der Waals surface area contributed by atoms with E-state index in [0.717, 1.165) is 13.1 Å². The SMILES string of the molecule is C/C=C/CNCc1ccncc1C. The van der Waals surface area contributed by atoms with Gasteiger partial charge in [0.25, 0.3) is 0 Å². The van der Waals surface area contributed by atoms with Crippen molar-refractivity contribution in [3.63, 3.8) is 0 Å². The topological polar surface area (TPSA) is 24.9 Å². The van der Waals surface area contributed by atoms with Gasteiger partial charge in [0, 0.05) is 25.5 Å². The van der Waals surface area contributed by atoms with Crippen molar-refractivity contribution < 1.29 is 0 Å². The summed E-state index contributed by atoms with van der Waals surface area (Å²) >= 11 is 0. The van der Waals surface area contributed by atoms with E-state index in [1.807, 2.05) is 25.4 Å². The van der Waals surface area contributed by atoms with E-state index in [1.165, 1.54) is 11.1 Å². The summed E-state index contributed by atoms with van der Waals surface area (Å²) in [5.41, 5.74) is 2.56. The maximum atomic E-state index is 4.05. The van der Waals surface area contributed by atoms with E-state index < -0.39 is 0 Å². The van der Waals surface area contributed by atoms with Gasteiger partial charge >= 0.3 is 0 Å². The number of nitrogens with zero attached hydrogens (tertiary/aromatic N) is 1. The monoisotopic (exact) mass is 176 g/mol. The first kappa shape index (κ1) is 9.93. The summed E-state index contributed by atoms with van der Waals surface area (Å²) in [7, 11) is 0. The lowest BCUT2D eigenvalue weighted by Gasteiger charge is -2.04. The minimum Gasteiger partial charge on any atom is -0.309 e. The molecule has 0 fully saturated rings. The Hall–Kier alpha value is -1.15. The predicted octanol–water partition coefficient (Wildman–Crippen LogP) is 2.06. The Morgan fingerprint density at radius 2 is 2.38 bits per heavy atom. The molecule has 0 atom stereocenters. The van der Waals surface area contributed by atoms with Gasteiger partial charge in [-0.15, -0.1) is 0 Å². The summed E-state index contributed by atoms with van der Waals surface area (Å²) in [5.74, 6) is 0. The van der Waals surface area contributed by atoms with Crippen LogP contribution in [0, 0.1) is 6.92 Å². The Morgan fingerprint density at radius 1 is 1.54 bits per heavy atom. The average Bonchev–Trinajstić information content (AvgIpc) is 2.15. The molecule has 0 amide bonds. The van der Waals surface area contributed by atoms with Gasteiger partial charge in [0.1, 0.15) is 0 Å². The molecule has 0 spiro atoms. The molecule has 0 aromatic carbocycles. The molecule has 1 aromatic heterocycles. The van der Waals surface area contributed by atoms with Gasteiger partial charge in [0.05, 0.1) is 0 Å². The first-order chi connectivity index (χ1) is 6.34. The third-order valence-corrected chi connectivity index (χ3v) is 1.95. The van der Waals surface area contributed by atoms with Crippen LogP contribution in [0.1, 0.15) is 18.1 Å². The number of hydrogen-bond acceptors (Lipinski definition) is 2. The fourth-order valence-electron chi connectivity index (χ4n) is 1.11. The molecule has 0 radical (unpaired) electrons. The maximum Gasteiger partial charge on any atom is 0.0300 e. The third kappa shape index (κ3) is 3.38. The lowest BCUT2D eigenvalue weighted by molar-refractivity contribution is 0.753. The van der Waals surface area contributed by atoms with Gasteiger partial charge in [-0.3, -0.25) is 4.98 Å². The van der Waals surface area contributed by atoms with Crippen LogP contribution < -0.4 is 5.32 Å². The standard InChI is InChI=1S/C11H16N2/c1-3-4-6-12-9-11-5-7-13-8-10(11)2/h3-5,7-8,12H,6,9H2,1-2H3/b4-3+. The summed E-state index contributed by atoms with van der Waals surface area (Å²) in [5, 5.41) is 3.33. The Labute approximate surface area is 79.7 Å². The van der Waals surface area contributed by atoms with Crippen molar-refractivity contribution in [3.05, 3.63) is 41.7 Å². The molecule has 0 aliphatic heterocycles. The zero-order valence-corrected chi connectivity index (χ0v) is 8.25. The molecule has 0 bridgehead atoms. The Balaban J connectivity index is 2.41. The van der Waals surface area contributed by atoms with Crippen LogP contribution in [0.25, 0.3) is 0 Å². The van der Waals surface area contributed by atoms with Crippen molar-refractivity contribution in [1.82, 2.24) is 10.3 Å². The smallest absolute Gasteiger partial charge is 0.0300 e. The lowest BCUT2D eigenvalue weighted by atomic mass is 10.1. The molecular formula is C11H16N2. The van der Waals surface area contributed by atoms with Gasteiger partial charge < -0.3 is 5.32 Å². The molecule has 1 heterocycles. The van der Waals surface area contributed by atoms with Crippen LogP contribution in [0.15, 0.2) is 30.6 Å². The molecule has 1 rings (SSSR count). The Bertz CT molecular complexity index is 279. The summed E-state index contributed by atoms with van der Waals surface area (Å²) in [6.45, 7) is 5.95. The molecule has 0 aliphatic rings. The van der Waals surface area contributed by atoms with Crippen molar-refractivity contribution in [2.24, 2.45) is 0 Å². The van der Waals surface area contributed by atoms with Crippen LogP contribution >= 0.6 is 0 Å². The summed E-state index contributed by atoms with van der Waals surface area (Å²) < 4.78 is 0. The van der Waals surface area contributed by atoms with Crippen LogP contribution in [0.5, 0.6) is 0 Å². The molecular weight excluding hydrogens is 160 g/mol. The number of nitrogens with one attached hydrogen (secondary N) is 1. The quantitative estimate of drug-likeness (QED) is 0.561. The molecule has 0 aliphatic carbocycles. The minimum atomic E-state index is 0.915. The molecule has 70 valence electrons. The number of hydrogen-bond donors (Lipinski definition) is 1. The van der Waals surface area contributed by atoms with Crippen molar-refractivity contribution in [3.8, 4) is 0 Å². The molecule has 0 saturated carbocycles. The van der Waals surface area contributed by atoms with Gasteiger partial charge in [-0.2, -0.15) is 0 Å². The second kappa shape index (κ2) is 5.49. The third-order valence-electron chi connectivity index (χ3n) is 1.95. The van der Waals surface area contributed by atoms with Gasteiger partial charge in [-0.05, 0) is 31.0 Å². The molecule has 1 N–H and O–H groups in total. The fraction of sp³-hybridized carbons (Fsp3) is 0.364. The molecule has 0 saturated heterocycles. The summed E-state index contributed by atoms with van der Waals surface area (Å²) in [6, 6.07) is 2.05. The highest BCUT2D eigenvalue weighted by atomic mass is 14.8. The molecule has 2 nitrogen and oxygen atoms in total. The van der Waals surface area contributed by atoms with E-state index in [0.29, 0.717) is 0 Å². The number of allylic oxidation sites excluding steroid dienone is 1. The number of aromatic nitrogens is 1. The summed E-state index contributed by atoms with van der Waals surface area (Å²) in [4.78, 5) is 4.05. The average molecular weight is 176 g/mol. The van der Waals surface area contributed by atoms with Crippen LogP contribution in [0.3, 0.4) is 0 Å². The Morgan fingerprint density at radius 3 is 3.08 bits per heavy atom. The largest absolute Gasteiger partial charge is 0.309 e. The van der Waals surface area contributed by atoms with Crippen molar-refractivity contribution in [2.75, 3.05) is 6.54 Å². The normalized spacial score (nSPS) is 10.9. The number of rotatable bonds is 4. The number of pyridine rings is 1. The van der Waals surface area contributed by atoms with Crippen LogP contribution in [0.2, 0.25) is 0 Å². The van der Waals surface area contributed by atoms with E-state index >= 15 is 0 Å². The molecule has 1 aromatic rings. The summed E-state index contributed by atoms with van der Waals surface area (Å²) in [6.07, 6.45) is 7.88. The van der Waals surface area contributed by atoms with Crippen LogP contribution in [0.4, 0.5) is 0 Å². The van der Waals surface area contributed by atoms with E-state index in [2.05, 4.69) is 29.4 Å². The highest BCUT2D eigenvalue weighted by Crippen LogP contribution is 2.03. The predicted molar refractivity (Wildman–Crippen MR) is 55.5 cm³/mol. The van der Waals surface area contributed by atoms with Gasteiger partial charge in [-0.1, -0.05) is 12.2 Å². The van der Waals surface area contributed by atoms with E-state index in [1.54, 1.807) is 0 Å². The second-order valence-corrected chi connectivity index (χ2v) is 3.00. The van der Waals surface area contributed by atoms with Crippen LogP contribution in [-0.4, -0.2) is 11.5 Å². The van der Waals surface area contributed by atoms with Gasteiger partial charge in [-0.25, -0.2) is 0 Å². The van der Waals surface area contributed by atoms with Crippen molar-refractivity contribution >= 4 is 0 Å². The maximum absolute atomic E-state index is 4.05. The lowest BCUT2D eigenvalue weighted by Crippen LogP contribution is -2.13. The second-order valence-electron chi connectivity index (χ2n) is 3.00. The first-order valence-corrected chi connectivity index (χ1v) is 4.56. The van der Waals surface area contributed by atoms with Gasteiger partial charge in [0.15, 0.2) is 0 Å².